The number of nitrogens with one attached hydrogen (secondary N) is 1. The predicted molar refractivity (Wildman–Crippen MR) is 103 cm³/mol. The van der Waals surface area contributed by atoms with Crippen LogP contribution >= 0.6 is 0 Å². The van der Waals surface area contributed by atoms with Crippen molar-refractivity contribution in [1.82, 2.24) is 5.32 Å². The lowest BCUT2D eigenvalue weighted by Gasteiger charge is -2.39. The van der Waals surface area contributed by atoms with Gasteiger partial charge in [-0.25, -0.2) is 0 Å². The molecule has 2 unspecified atom stereocenters. The van der Waals surface area contributed by atoms with Crippen LogP contribution in [0.2, 0.25) is 0 Å². The first kappa shape index (κ1) is 25.2. The van der Waals surface area contributed by atoms with Crippen LogP contribution in [-0.4, -0.2) is 68.6 Å². The van der Waals surface area contributed by atoms with Gasteiger partial charge in [-0.05, 0) is 55.4 Å². The molecular weight excluding hydrogens is 358 g/mol. The molecule has 0 aliphatic rings. The summed E-state index contributed by atoms with van der Waals surface area (Å²) in [6, 6.07) is 0. The lowest BCUT2D eigenvalue weighted by molar-refractivity contribution is 0.0477. The van der Waals surface area contributed by atoms with E-state index in [-0.39, 0.29) is 11.3 Å². The van der Waals surface area contributed by atoms with E-state index in [4.69, 9.17) is 26.6 Å². The van der Waals surface area contributed by atoms with Gasteiger partial charge >= 0.3 is 17.6 Å². The molecule has 0 aromatic heterocycles. The van der Waals surface area contributed by atoms with Crippen LogP contribution in [0.15, 0.2) is 0 Å². The Morgan fingerprint density at radius 1 is 0.520 bits per heavy atom. The van der Waals surface area contributed by atoms with Crippen molar-refractivity contribution in [3.63, 3.8) is 0 Å². The molecule has 152 valence electrons. The van der Waals surface area contributed by atoms with Gasteiger partial charge in [-0.2, -0.15) is 0 Å². The fourth-order valence-electron chi connectivity index (χ4n) is 2.79. The summed E-state index contributed by atoms with van der Waals surface area (Å²) in [6.07, 6.45) is 0. The molecule has 0 aliphatic heterocycles. The number of hydrogen-bond donors (Lipinski definition) is 1. The summed E-state index contributed by atoms with van der Waals surface area (Å²) in [7, 11) is -5.73. The van der Waals surface area contributed by atoms with Crippen molar-refractivity contribution in [2.45, 2.75) is 66.7 Å². The summed E-state index contributed by atoms with van der Waals surface area (Å²) >= 11 is 0. The Hall–Kier alpha value is 0.154. The van der Waals surface area contributed by atoms with E-state index in [0.717, 1.165) is 0 Å². The Balaban J connectivity index is 5.41. The summed E-state index contributed by atoms with van der Waals surface area (Å²) in [4.78, 5) is 0. The van der Waals surface area contributed by atoms with Crippen LogP contribution in [-0.2, 0) is 26.6 Å². The van der Waals surface area contributed by atoms with E-state index in [2.05, 4.69) is 5.32 Å². The van der Waals surface area contributed by atoms with Crippen molar-refractivity contribution < 1.29 is 26.6 Å². The Kier molecular flexibility index (Phi) is 13.4. The minimum Gasteiger partial charge on any atom is -0.373 e. The van der Waals surface area contributed by atoms with E-state index in [1.807, 2.05) is 55.4 Å². The third-order valence-corrected chi connectivity index (χ3v) is 10.2. The summed E-state index contributed by atoms with van der Waals surface area (Å²) < 4.78 is 35.9. The quantitative estimate of drug-likeness (QED) is 0.401. The van der Waals surface area contributed by atoms with Crippen LogP contribution in [0.5, 0.6) is 0 Å². The first-order chi connectivity index (χ1) is 11.9. The fourth-order valence-corrected chi connectivity index (χ4v) is 8.28. The molecule has 0 radical (unpaired) electrons. The van der Waals surface area contributed by atoms with Gasteiger partial charge in [0.2, 0.25) is 0 Å². The third kappa shape index (κ3) is 7.35. The molecule has 0 bridgehead atoms. The minimum atomic E-state index is -2.86. The number of rotatable bonds is 16. The second-order valence-corrected chi connectivity index (χ2v) is 11.3. The molecule has 0 spiro atoms. The zero-order valence-corrected chi connectivity index (χ0v) is 19.3. The topological polar surface area (TPSA) is 67.4 Å². The molecule has 0 amide bonds. The molecule has 0 fully saturated rings. The molecule has 0 heterocycles. The van der Waals surface area contributed by atoms with Gasteiger partial charge in [-0.1, -0.05) is 0 Å². The molecule has 0 aromatic carbocycles. The summed E-state index contributed by atoms with van der Waals surface area (Å²) in [5, 5.41) is 3.54. The van der Waals surface area contributed by atoms with Crippen LogP contribution < -0.4 is 5.32 Å². The first-order valence-corrected chi connectivity index (χ1v) is 13.1. The highest BCUT2D eigenvalue weighted by atomic mass is 28.4. The highest BCUT2D eigenvalue weighted by Gasteiger charge is 2.53. The summed E-state index contributed by atoms with van der Waals surface area (Å²) in [5.74, 6) is 0. The molecule has 0 saturated heterocycles. The highest BCUT2D eigenvalue weighted by Crippen LogP contribution is 2.20. The Morgan fingerprint density at radius 2 is 0.720 bits per heavy atom. The van der Waals surface area contributed by atoms with Crippen molar-refractivity contribution in [2.75, 3.05) is 39.6 Å². The van der Waals surface area contributed by atoms with Crippen LogP contribution in [0.4, 0.5) is 0 Å². The zero-order chi connectivity index (χ0) is 19.3. The highest BCUT2D eigenvalue weighted by molar-refractivity contribution is 6.64. The minimum absolute atomic E-state index is 0.115. The van der Waals surface area contributed by atoms with Gasteiger partial charge in [-0.15, -0.1) is 0 Å². The normalized spacial score (nSPS) is 15.4. The second kappa shape index (κ2) is 13.3. The summed E-state index contributed by atoms with van der Waals surface area (Å²) in [5.41, 5.74) is -0.230. The average molecular weight is 398 g/mol. The van der Waals surface area contributed by atoms with Crippen molar-refractivity contribution >= 4 is 17.6 Å². The van der Waals surface area contributed by atoms with Gasteiger partial charge in [0.05, 0.1) is 11.3 Å². The standard InChI is InChI=1S/C16H39NO6Si2/c1-9-18-24(19-10-2,20-11-3)15(7)17-16(8)25(21-12-4,22-13-5)23-14-6/h15-17H,9-14H2,1-8H3. The molecule has 7 nitrogen and oxygen atoms in total. The van der Waals surface area contributed by atoms with Gasteiger partial charge in [0.1, 0.15) is 0 Å². The maximum absolute atomic E-state index is 5.99. The first-order valence-electron chi connectivity index (χ1n) is 9.51. The van der Waals surface area contributed by atoms with E-state index in [9.17, 15) is 0 Å². The Bertz CT molecular complexity index is 274. The van der Waals surface area contributed by atoms with Gasteiger partial charge < -0.3 is 31.9 Å². The van der Waals surface area contributed by atoms with Crippen LogP contribution in [0.25, 0.3) is 0 Å². The van der Waals surface area contributed by atoms with Crippen molar-refractivity contribution in [2.24, 2.45) is 0 Å². The van der Waals surface area contributed by atoms with Crippen molar-refractivity contribution in [3.8, 4) is 0 Å². The van der Waals surface area contributed by atoms with Gasteiger partial charge in [0.15, 0.2) is 0 Å². The summed E-state index contributed by atoms with van der Waals surface area (Å²) in [6.45, 7) is 19.0. The molecule has 9 heteroatoms. The molecule has 0 aromatic rings. The third-order valence-electron chi connectivity index (χ3n) is 3.63. The maximum atomic E-state index is 5.99. The lowest BCUT2D eigenvalue weighted by Crippen LogP contribution is -2.68. The van der Waals surface area contributed by atoms with Crippen LogP contribution in [0.3, 0.4) is 0 Å². The van der Waals surface area contributed by atoms with Crippen LogP contribution in [0, 0.1) is 0 Å². The molecule has 0 saturated carbocycles. The lowest BCUT2D eigenvalue weighted by atomic mass is 10.6. The fraction of sp³-hybridized carbons (Fsp3) is 1.00. The monoisotopic (exact) mass is 397 g/mol. The SMILES string of the molecule is CCO[Si](OCC)(OCC)C(C)NC(C)[Si](OCC)(OCC)OCC. The number of hydrogen-bond acceptors (Lipinski definition) is 7. The van der Waals surface area contributed by atoms with Gasteiger partial charge in [-0.3, -0.25) is 0 Å². The Morgan fingerprint density at radius 3 is 0.880 bits per heavy atom. The second-order valence-electron chi connectivity index (χ2n) is 5.42. The van der Waals surface area contributed by atoms with E-state index in [0.29, 0.717) is 39.6 Å². The molecule has 0 rings (SSSR count). The van der Waals surface area contributed by atoms with E-state index in [1.165, 1.54) is 0 Å². The smallest absolute Gasteiger partial charge is 0.373 e. The van der Waals surface area contributed by atoms with E-state index < -0.39 is 17.6 Å². The predicted octanol–water partition coefficient (Wildman–Crippen LogP) is 2.53. The molecular formula is C16H39NO6Si2. The molecule has 2 atom stereocenters. The van der Waals surface area contributed by atoms with Gasteiger partial charge in [0.25, 0.3) is 0 Å². The van der Waals surface area contributed by atoms with Gasteiger partial charge in [0, 0.05) is 39.6 Å². The molecule has 1 N–H and O–H groups in total. The van der Waals surface area contributed by atoms with Crippen LogP contribution in [0.1, 0.15) is 55.4 Å². The van der Waals surface area contributed by atoms with E-state index >= 15 is 0 Å². The van der Waals surface area contributed by atoms with Crippen molar-refractivity contribution in [3.05, 3.63) is 0 Å². The van der Waals surface area contributed by atoms with Crippen molar-refractivity contribution in [1.29, 1.82) is 0 Å². The maximum Gasteiger partial charge on any atom is 0.518 e. The van der Waals surface area contributed by atoms with E-state index in [1.54, 1.807) is 0 Å². The average Bonchev–Trinajstić information content (AvgIpc) is 2.55. The Labute approximate surface area is 156 Å². The zero-order valence-electron chi connectivity index (χ0n) is 17.3. The molecule has 25 heavy (non-hydrogen) atoms. The molecule has 0 aliphatic carbocycles. The largest absolute Gasteiger partial charge is 0.518 e.